The Balaban J connectivity index is 1.16. The lowest BCUT2D eigenvalue weighted by Gasteiger charge is -2.52. The summed E-state index contributed by atoms with van der Waals surface area (Å²) >= 11 is 0. The summed E-state index contributed by atoms with van der Waals surface area (Å²) in [6.45, 7) is 10.4. The first-order chi connectivity index (χ1) is 23.6. The first kappa shape index (κ1) is 35.2. The molecule has 1 saturated carbocycles. The van der Waals surface area contributed by atoms with Crippen LogP contribution in [-0.4, -0.2) is 106 Å². The first-order valence-corrected chi connectivity index (χ1v) is 18.2. The number of halogens is 1. The van der Waals surface area contributed by atoms with Crippen molar-refractivity contribution >= 4 is 17.7 Å². The van der Waals surface area contributed by atoms with E-state index in [2.05, 4.69) is 39.1 Å². The minimum atomic E-state index is -0.382. The Morgan fingerprint density at radius 2 is 1.80 bits per heavy atom. The fourth-order valence-corrected chi connectivity index (χ4v) is 9.51. The van der Waals surface area contributed by atoms with Crippen molar-refractivity contribution in [1.82, 2.24) is 20.0 Å². The van der Waals surface area contributed by atoms with Crippen LogP contribution in [0.4, 0.5) is 14.9 Å². The number of ether oxygens (including phenoxy) is 1. The van der Waals surface area contributed by atoms with E-state index < -0.39 is 0 Å². The smallest absolute Gasteiger partial charge is 0.407 e. The second kappa shape index (κ2) is 15.1. The number of alkyl carbamates (subject to hydrolysis) is 1. The van der Waals surface area contributed by atoms with Gasteiger partial charge in [0.2, 0.25) is 0 Å². The van der Waals surface area contributed by atoms with Crippen LogP contribution in [0.5, 0.6) is 0 Å². The molecule has 0 spiro atoms. The third kappa shape index (κ3) is 7.44. The minimum Gasteiger partial charge on any atom is -0.453 e. The summed E-state index contributed by atoms with van der Waals surface area (Å²) in [4.78, 5) is 34.2. The molecule has 2 aromatic rings. The quantitative estimate of drug-likeness (QED) is 0.344. The molecule has 4 aliphatic rings. The van der Waals surface area contributed by atoms with E-state index in [-0.39, 0.29) is 35.2 Å². The number of carbonyl (C=O) groups excluding carboxylic acids is 2. The Bertz CT molecular complexity index is 1520. The predicted molar refractivity (Wildman–Crippen MR) is 189 cm³/mol. The van der Waals surface area contributed by atoms with Crippen LogP contribution in [0.2, 0.25) is 0 Å². The topological polar surface area (TPSA) is 92.1 Å². The van der Waals surface area contributed by atoms with Crippen LogP contribution in [0.1, 0.15) is 66.9 Å². The Kier molecular flexibility index (Phi) is 10.8. The first-order valence-electron chi connectivity index (χ1n) is 18.2. The molecule has 2 aromatic carbocycles. The number of piperidine rings is 1. The summed E-state index contributed by atoms with van der Waals surface area (Å²) in [5.41, 5.74) is 2.68. The molecule has 3 aliphatic heterocycles. The summed E-state index contributed by atoms with van der Waals surface area (Å²) in [6, 6.07) is 15.1. The number of methoxy groups -OCH3 is 1. The molecule has 10 heteroatoms. The minimum absolute atomic E-state index is 0.000723. The number of hydrogen-bond acceptors (Lipinski definition) is 7. The number of nitrogens with zero attached hydrogens (tertiary/aromatic N) is 5. The molecule has 9 nitrogen and oxygen atoms in total. The standard InChI is InChI=1S/C39H53FN6O3/c1-27-22-45(23-27)18-15-39(31-7-5-8-32(40)19-31,35-9-6-10-36(35)42-38(48)49-4)30-13-16-44(17-14-30)24-28-25-46(26-28)33-12-11-29(21-41)34(20-33)37(47)43(2)3/h5,7-8,11-12,19-20,27-28,30,35-36H,6,9-10,13-18,22-26H2,1-4H3,(H,42,48)/t35-,36-,39-/m0/s1. The maximum absolute atomic E-state index is 15.0. The number of nitrogens with one attached hydrogen (secondary N) is 1. The van der Waals surface area contributed by atoms with Gasteiger partial charge in [-0.25, -0.2) is 9.18 Å². The maximum atomic E-state index is 15.0. The van der Waals surface area contributed by atoms with Crippen molar-refractivity contribution in [2.24, 2.45) is 23.7 Å². The highest BCUT2D eigenvalue weighted by molar-refractivity contribution is 5.97. The van der Waals surface area contributed by atoms with Crippen LogP contribution in [0.15, 0.2) is 42.5 Å². The molecule has 3 atom stereocenters. The van der Waals surface area contributed by atoms with Gasteiger partial charge in [0, 0.05) is 69.9 Å². The van der Waals surface area contributed by atoms with E-state index in [4.69, 9.17) is 4.74 Å². The summed E-state index contributed by atoms with van der Waals surface area (Å²) < 4.78 is 20.1. The van der Waals surface area contributed by atoms with Crippen molar-refractivity contribution in [3.05, 3.63) is 65.0 Å². The zero-order valence-electron chi connectivity index (χ0n) is 29.7. The second-order valence-electron chi connectivity index (χ2n) is 15.3. The average Bonchev–Trinajstić information content (AvgIpc) is 3.53. The number of amides is 2. The SMILES string of the molecule is COC(=O)N[C@H]1CCC[C@@H]1[C@](CCN1CC(C)C1)(c1cccc(F)c1)C1CCN(CC2CN(c3ccc(C#N)c(C(=O)N(C)C)c3)C2)CC1. The van der Waals surface area contributed by atoms with E-state index in [0.717, 1.165) is 102 Å². The van der Waals surface area contributed by atoms with E-state index in [0.29, 0.717) is 28.9 Å². The van der Waals surface area contributed by atoms with Gasteiger partial charge in [-0.2, -0.15) is 5.26 Å². The maximum Gasteiger partial charge on any atom is 0.407 e. The lowest BCUT2D eigenvalue weighted by Crippen LogP contribution is -2.56. The van der Waals surface area contributed by atoms with Gasteiger partial charge in [-0.1, -0.05) is 25.5 Å². The molecule has 0 bridgehead atoms. The van der Waals surface area contributed by atoms with Gasteiger partial charge >= 0.3 is 6.09 Å². The normalized spacial score (nSPS) is 23.6. The molecule has 0 aromatic heterocycles. The molecule has 1 aliphatic carbocycles. The van der Waals surface area contributed by atoms with E-state index in [1.807, 2.05) is 18.2 Å². The lowest BCUT2D eigenvalue weighted by molar-refractivity contribution is 0.0368. The molecule has 6 rings (SSSR count). The van der Waals surface area contributed by atoms with E-state index in [1.165, 1.54) is 12.0 Å². The molecule has 0 unspecified atom stereocenters. The van der Waals surface area contributed by atoms with Crippen LogP contribution in [0, 0.1) is 40.8 Å². The van der Waals surface area contributed by atoms with Gasteiger partial charge in [-0.3, -0.25) is 4.79 Å². The third-order valence-corrected chi connectivity index (χ3v) is 11.9. The summed E-state index contributed by atoms with van der Waals surface area (Å²) in [6.07, 6.45) is 5.62. The molecule has 264 valence electrons. The van der Waals surface area contributed by atoms with E-state index in [9.17, 15) is 14.9 Å². The van der Waals surface area contributed by atoms with Crippen molar-refractivity contribution in [2.45, 2.75) is 56.9 Å². The van der Waals surface area contributed by atoms with Gasteiger partial charge in [-0.05, 0) is 105 Å². The summed E-state index contributed by atoms with van der Waals surface area (Å²) in [5, 5.41) is 12.7. The highest BCUT2D eigenvalue weighted by atomic mass is 19.1. The third-order valence-electron chi connectivity index (χ3n) is 11.9. The molecule has 3 heterocycles. The summed E-state index contributed by atoms with van der Waals surface area (Å²) in [7, 11) is 4.84. The van der Waals surface area contributed by atoms with Gasteiger partial charge in [0.25, 0.3) is 5.91 Å². The number of benzene rings is 2. The van der Waals surface area contributed by atoms with Crippen LogP contribution in [0.25, 0.3) is 0 Å². The molecule has 0 radical (unpaired) electrons. The average molecular weight is 673 g/mol. The number of hydrogen-bond donors (Lipinski definition) is 1. The van der Waals surface area contributed by atoms with Gasteiger partial charge in [-0.15, -0.1) is 0 Å². The molecule has 1 N–H and O–H groups in total. The fourth-order valence-electron chi connectivity index (χ4n) is 9.51. The van der Waals surface area contributed by atoms with Crippen LogP contribution in [0.3, 0.4) is 0 Å². The lowest BCUT2D eigenvalue weighted by atomic mass is 9.56. The van der Waals surface area contributed by atoms with Gasteiger partial charge in [0.05, 0.1) is 24.3 Å². The van der Waals surface area contributed by atoms with Crippen molar-refractivity contribution in [1.29, 1.82) is 5.26 Å². The zero-order chi connectivity index (χ0) is 34.7. The van der Waals surface area contributed by atoms with E-state index >= 15 is 4.39 Å². The molecule has 4 fully saturated rings. The largest absolute Gasteiger partial charge is 0.453 e. The van der Waals surface area contributed by atoms with Crippen LogP contribution >= 0.6 is 0 Å². The van der Waals surface area contributed by atoms with E-state index in [1.54, 1.807) is 32.3 Å². The highest BCUT2D eigenvalue weighted by Gasteiger charge is 2.52. The Labute approximate surface area is 291 Å². The Morgan fingerprint density at radius 3 is 2.45 bits per heavy atom. The molecular weight excluding hydrogens is 619 g/mol. The monoisotopic (exact) mass is 672 g/mol. The Hall–Kier alpha value is -3.68. The number of anilines is 1. The van der Waals surface area contributed by atoms with Crippen LogP contribution < -0.4 is 10.2 Å². The molecule has 2 amide bonds. The fraction of sp³-hybridized carbons (Fsp3) is 0.615. The van der Waals surface area contributed by atoms with Gasteiger partial charge < -0.3 is 29.7 Å². The number of rotatable bonds is 11. The molecule has 3 saturated heterocycles. The number of nitriles is 1. The molecule has 49 heavy (non-hydrogen) atoms. The Morgan fingerprint density at radius 1 is 1.04 bits per heavy atom. The van der Waals surface area contributed by atoms with Crippen molar-refractivity contribution in [3.8, 4) is 6.07 Å². The highest BCUT2D eigenvalue weighted by Crippen LogP contribution is 2.53. The van der Waals surface area contributed by atoms with Gasteiger partial charge in [0.1, 0.15) is 5.82 Å². The molecular formula is C39H53FN6O3. The van der Waals surface area contributed by atoms with Crippen molar-refractivity contribution in [2.75, 3.05) is 78.5 Å². The van der Waals surface area contributed by atoms with Crippen LogP contribution in [-0.2, 0) is 10.2 Å². The summed E-state index contributed by atoms with van der Waals surface area (Å²) in [5.74, 6) is 1.48. The van der Waals surface area contributed by atoms with Crippen molar-refractivity contribution < 1.29 is 18.7 Å². The van der Waals surface area contributed by atoms with Gasteiger partial charge in [0.15, 0.2) is 0 Å². The predicted octanol–water partition coefficient (Wildman–Crippen LogP) is 5.35. The second-order valence-corrected chi connectivity index (χ2v) is 15.3. The number of likely N-dealkylation sites (tertiary alicyclic amines) is 2. The van der Waals surface area contributed by atoms with Crippen molar-refractivity contribution in [3.63, 3.8) is 0 Å². The number of carbonyl (C=O) groups is 2. The zero-order valence-corrected chi connectivity index (χ0v) is 29.7.